The van der Waals surface area contributed by atoms with Crippen molar-refractivity contribution >= 4 is 0 Å². The highest BCUT2D eigenvalue weighted by Gasteiger charge is 2.03. The molecule has 0 saturated carbocycles. The van der Waals surface area contributed by atoms with E-state index in [0.29, 0.717) is 6.61 Å². The van der Waals surface area contributed by atoms with Gasteiger partial charge in [0, 0.05) is 13.0 Å². The Bertz CT molecular complexity index is 232. The molecular formula is C19H36O2. The lowest BCUT2D eigenvalue weighted by Gasteiger charge is -2.11. The molecule has 0 aliphatic rings. The van der Waals surface area contributed by atoms with E-state index in [2.05, 4.69) is 12.8 Å². The number of aliphatic hydroxyl groups excluding tert-OH is 1. The molecule has 0 rings (SSSR count). The summed E-state index contributed by atoms with van der Waals surface area (Å²) in [5.74, 6) is 2.67. The molecule has 1 N–H and O–H groups in total. The van der Waals surface area contributed by atoms with Crippen LogP contribution in [0.25, 0.3) is 0 Å². The smallest absolute Gasteiger partial charge is 0.154 e. The summed E-state index contributed by atoms with van der Waals surface area (Å²) in [5.41, 5.74) is 0. The number of unbranched alkanes of at least 4 members (excludes halogenated alkanes) is 11. The van der Waals surface area contributed by atoms with Crippen LogP contribution in [0.2, 0.25) is 0 Å². The summed E-state index contributed by atoms with van der Waals surface area (Å²) in [6.07, 6.45) is 21.1. The van der Waals surface area contributed by atoms with Gasteiger partial charge in [-0.25, -0.2) is 0 Å². The van der Waals surface area contributed by atoms with Crippen LogP contribution in [0.5, 0.6) is 0 Å². The van der Waals surface area contributed by atoms with Crippen molar-refractivity contribution in [1.82, 2.24) is 0 Å². The summed E-state index contributed by atoms with van der Waals surface area (Å²) in [4.78, 5) is 0. The molecule has 0 amide bonds. The Morgan fingerprint density at radius 2 is 1.43 bits per heavy atom. The van der Waals surface area contributed by atoms with E-state index in [1.807, 2.05) is 0 Å². The third-order valence-corrected chi connectivity index (χ3v) is 3.83. The summed E-state index contributed by atoms with van der Waals surface area (Å²) < 4.78 is 5.44. The third kappa shape index (κ3) is 17.4. The molecule has 0 fully saturated rings. The molecule has 0 aliphatic carbocycles. The summed E-state index contributed by atoms with van der Waals surface area (Å²) in [7, 11) is 0. The third-order valence-electron chi connectivity index (χ3n) is 3.83. The van der Waals surface area contributed by atoms with Crippen molar-refractivity contribution in [2.45, 2.75) is 103 Å². The fraction of sp³-hybridized carbons (Fsp3) is 0.895. The molecule has 0 radical (unpaired) electrons. The predicted octanol–water partition coefficient (Wildman–Crippen LogP) is 5.44. The van der Waals surface area contributed by atoms with Crippen LogP contribution in [0.1, 0.15) is 96.8 Å². The van der Waals surface area contributed by atoms with Gasteiger partial charge in [0.15, 0.2) is 6.29 Å². The number of hydrogen-bond donors (Lipinski definition) is 1. The fourth-order valence-electron chi connectivity index (χ4n) is 2.44. The van der Waals surface area contributed by atoms with Gasteiger partial charge in [-0.05, 0) is 25.7 Å². The van der Waals surface area contributed by atoms with Crippen LogP contribution >= 0.6 is 0 Å². The van der Waals surface area contributed by atoms with Crippen LogP contribution in [-0.4, -0.2) is 18.0 Å². The first-order valence-electron chi connectivity index (χ1n) is 9.04. The lowest BCUT2D eigenvalue weighted by atomic mass is 10.1. The van der Waals surface area contributed by atoms with Gasteiger partial charge in [0.2, 0.25) is 0 Å². The fourth-order valence-corrected chi connectivity index (χ4v) is 2.44. The van der Waals surface area contributed by atoms with Crippen molar-refractivity contribution in [2.75, 3.05) is 6.61 Å². The van der Waals surface area contributed by atoms with Crippen LogP contribution < -0.4 is 0 Å². The van der Waals surface area contributed by atoms with Crippen molar-refractivity contribution in [2.24, 2.45) is 0 Å². The number of aliphatic hydroxyl groups is 1. The van der Waals surface area contributed by atoms with Crippen molar-refractivity contribution in [3.63, 3.8) is 0 Å². The number of terminal acetylenes is 1. The van der Waals surface area contributed by atoms with Crippen molar-refractivity contribution < 1.29 is 9.84 Å². The van der Waals surface area contributed by atoms with Crippen LogP contribution in [0.15, 0.2) is 0 Å². The van der Waals surface area contributed by atoms with E-state index in [-0.39, 0.29) is 0 Å². The first kappa shape index (κ1) is 20.5. The molecule has 21 heavy (non-hydrogen) atoms. The second-order valence-corrected chi connectivity index (χ2v) is 5.96. The SMILES string of the molecule is C#CCCCCCCCOC(O)CCCCCCCCC. The van der Waals surface area contributed by atoms with E-state index >= 15 is 0 Å². The Kier molecular flexibility index (Phi) is 17.1. The number of ether oxygens (including phenoxy) is 1. The second kappa shape index (κ2) is 17.5. The van der Waals surface area contributed by atoms with E-state index in [4.69, 9.17) is 11.2 Å². The van der Waals surface area contributed by atoms with Gasteiger partial charge in [0.05, 0.1) is 0 Å². The molecule has 0 bridgehead atoms. The molecule has 2 heteroatoms. The molecule has 0 saturated heterocycles. The van der Waals surface area contributed by atoms with Gasteiger partial charge in [-0.15, -0.1) is 12.3 Å². The van der Waals surface area contributed by atoms with Gasteiger partial charge in [0.25, 0.3) is 0 Å². The minimum atomic E-state index is -0.554. The average molecular weight is 296 g/mol. The molecule has 124 valence electrons. The summed E-state index contributed by atoms with van der Waals surface area (Å²) in [5, 5.41) is 9.72. The molecular weight excluding hydrogens is 260 g/mol. The van der Waals surface area contributed by atoms with Crippen molar-refractivity contribution in [3.8, 4) is 12.3 Å². The van der Waals surface area contributed by atoms with Gasteiger partial charge >= 0.3 is 0 Å². The monoisotopic (exact) mass is 296 g/mol. The lowest BCUT2D eigenvalue weighted by Crippen LogP contribution is -2.12. The van der Waals surface area contributed by atoms with Gasteiger partial charge < -0.3 is 9.84 Å². The topological polar surface area (TPSA) is 29.5 Å². The second-order valence-electron chi connectivity index (χ2n) is 5.96. The molecule has 1 atom stereocenters. The Labute approximate surface area is 132 Å². The minimum Gasteiger partial charge on any atom is -0.368 e. The molecule has 0 aromatic carbocycles. The Balaban J connectivity index is 3.13. The highest BCUT2D eigenvalue weighted by Crippen LogP contribution is 2.11. The summed E-state index contributed by atoms with van der Waals surface area (Å²) in [6, 6.07) is 0. The largest absolute Gasteiger partial charge is 0.368 e. The predicted molar refractivity (Wildman–Crippen MR) is 91.1 cm³/mol. The highest BCUT2D eigenvalue weighted by molar-refractivity contribution is 4.82. The first-order valence-corrected chi connectivity index (χ1v) is 9.04. The van der Waals surface area contributed by atoms with Gasteiger partial charge in [-0.2, -0.15) is 0 Å². The van der Waals surface area contributed by atoms with Gasteiger partial charge in [-0.1, -0.05) is 64.7 Å². The van der Waals surface area contributed by atoms with E-state index in [1.165, 1.54) is 57.8 Å². The van der Waals surface area contributed by atoms with Crippen LogP contribution in [0.4, 0.5) is 0 Å². The van der Waals surface area contributed by atoms with Crippen LogP contribution in [0, 0.1) is 12.3 Å². The highest BCUT2D eigenvalue weighted by atomic mass is 16.6. The zero-order valence-electron chi connectivity index (χ0n) is 14.1. The average Bonchev–Trinajstić information content (AvgIpc) is 2.49. The molecule has 0 spiro atoms. The molecule has 0 aliphatic heterocycles. The number of rotatable bonds is 16. The molecule has 0 aromatic heterocycles. The molecule has 2 nitrogen and oxygen atoms in total. The Morgan fingerprint density at radius 1 is 0.857 bits per heavy atom. The zero-order valence-corrected chi connectivity index (χ0v) is 14.1. The van der Waals surface area contributed by atoms with E-state index in [1.54, 1.807) is 0 Å². The quantitative estimate of drug-likeness (QED) is 0.233. The molecule has 0 heterocycles. The maximum Gasteiger partial charge on any atom is 0.154 e. The van der Waals surface area contributed by atoms with Gasteiger partial charge in [-0.3, -0.25) is 0 Å². The number of hydrogen-bond acceptors (Lipinski definition) is 2. The van der Waals surface area contributed by atoms with Crippen LogP contribution in [0.3, 0.4) is 0 Å². The van der Waals surface area contributed by atoms with E-state index in [9.17, 15) is 5.11 Å². The van der Waals surface area contributed by atoms with Gasteiger partial charge in [0.1, 0.15) is 0 Å². The lowest BCUT2D eigenvalue weighted by molar-refractivity contribution is -0.105. The zero-order chi connectivity index (χ0) is 15.6. The normalized spacial score (nSPS) is 12.2. The summed E-state index contributed by atoms with van der Waals surface area (Å²) in [6.45, 7) is 2.93. The van der Waals surface area contributed by atoms with E-state index in [0.717, 1.165) is 32.1 Å². The maximum absolute atomic E-state index is 9.72. The maximum atomic E-state index is 9.72. The molecule has 1 unspecified atom stereocenters. The Hall–Kier alpha value is -0.520. The Morgan fingerprint density at radius 3 is 2.10 bits per heavy atom. The van der Waals surface area contributed by atoms with E-state index < -0.39 is 6.29 Å². The van der Waals surface area contributed by atoms with Crippen molar-refractivity contribution in [3.05, 3.63) is 0 Å². The van der Waals surface area contributed by atoms with Crippen LogP contribution in [-0.2, 0) is 4.74 Å². The minimum absolute atomic E-state index is 0.554. The first-order chi connectivity index (χ1) is 10.3. The standard InChI is InChI=1S/C19H36O2/c1-3-5-7-9-11-13-15-17-19(20)21-18-16-14-12-10-8-6-4-2/h2,19-20H,3,5-18H2,1H3. The molecule has 0 aromatic rings. The summed E-state index contributed by atoms with van der Waals surface area (Å²) >= 11 is 0. The van der Waals surface area contributed by atoms with Crippen molar-refractivity contribution in [1.29, 1.82) is 0 Å².